The number of amides is 1. The zero-order valence-electron chi connectivity index (χ0n) is 14.3. The summed E-state index contributed by atoms with van der Waals surface area (Å²) in [4.78, 5) is 16.9. The number of hydrogen-bond acceptors (Lipinski definition) is 3. The number of hydrogen-bond donors (Lipinski definition) is 1. The number of pyridine rings is 1. The zero-order valence-corrected chi connectivity index (χ0v) is 15.8. The third-order valence-corrected chi connectivity index (χ3v) is 4.40. The van der Waals surface area contributed by atoms with Crippen LogP contribution in [-0.2, 0) is 11.3 Å². The molecule has 3 aromatic rings. The SMILES string of the molecule is Cc1ccc2nc(C)c(C(=O)NCCOCc3ccc(Br)cc3)n2c1. The third-order valence-electron chi connectivity index (χ3n) is 3.87. The van der Waals surface area contributed by atoms with Gasteiger partial charge in [-0.3, -0.25) is 9.20 Å². The lowest BCUT2D eigenvalue weighted by Crippen LogP contribution is -2.28. The topological polar surface area (TPSA) is 55.6 Å². The van der Waals surface area contributed by atoms with Crippen molar-refractivity contribution >= 4 is 27.5 Å². The van der Waals surface area contributed by atoms with Crippen molar-refractivity contribution in [3.8, 4) is 0 Å². The Balaban J connectivity index is 1.54. The molecule has 0 aliphatic heterocycles. The number of fused-ring (bicyclic) bond motifs is 1. The number of rotatable bonds is 6. The van der Waals surface area contributed by atoms with Crippen molar-refractivity contribution in [3.63, 3.8) is 0 Å². The molecule has 0 spiro atoms. The first-order chi connectivity index (χ1) is 12.0. The van der Waals surface area contributed by atoms with Crippen LogP contribution in [0.1, 0.15) is 27.3 Å². The van der Waals surface area contributed by atoms with Gasteiger partial charge in [0.1, 0.15) is 11.3 Å². The molecule has 0 radical (unpaired) electrons. The van der Waals surface area contributed by atoms with Crippen molar-refractivity contribution in [1.82, 2.24) is 14.7 Å². The van der Waals surface area contributed by atoms with Crippen LogP contribution in [0.3, 0.4) is 0 Å². The molecule has 0 bridgehead atoms. The minimum Gasteiger partial charge on any atom is -0.375 e. The van der Waals surface area contributed by atoms with Gasteiger partial charge in [0.05, 0.1) is 18.9 Å². The number of imidazole rings is 1. The Kier molecular flexibility index (Phi) is 5.50. The Hall–Kier alpha value is -2.18. The lowest BCUT2D eigenvalue weighted by atomic mass is 10.2. The first kappa shape index (κ1) is 17.6. The second-order valence-corrected chi connectivity index (χ2v) is 6.83. The molecule has 0 saturated heterocycles. The van der Waals surface area contributed by atoms with Gasteiger partial charge in [0.15, 0.2) is 0 Å². The van der Waals surface area contributed by atoms with E-state index in [1.807, 2.05) is 60.8 Å². The van der Waals surface area contributed by atoms with E-state index in [2.05, 4.69) is 26.2 Å². The third kappa shape index (κ3) is 4.27. The summed E-state index contributed by atoms with van der Waals surface area (Å²) >= 11 is 3.41. The fourth-order valence-electron chi connectivity index (χ4n) is 2.63. The molecule has 0 unspecified atom stereocenters. The first-order valence-corrected chi connectivity index (χ1v) is 8.89. The van der Waals surface area contributed by atoms with E-state index < -0.39 is 0 Å². The van der Waals surface area contributed by atoms with E-state index >= 15 is 0 Å². The van der Waals surface area contributed by atoms with Crippen LogP contribution in [0.4, 0.5) is 0 Å². The van der Waals surface area contributed by atoms with Crippen molar-refractivity contribution in [1.29, 1.82) is 0 Å². The number of carbonyl (C=O) groups excluding carboxylic acids is 1. The quantitative estimate of drug-likeness (QED) is 0.641. The molecule has 25 heavy (non-hydrogen) atoms. The number of halogens is 1. The molecule has 0 fully saturated rings. The summed E-state index contributed by atoms with van der Waals surface area (Å²) < 4.78 is 8.49. The highest BCUT2D eigenvalue weighted by molar-refractivity contribution is 9.10. The number of ether oxygens (including phenoxy) is 1. The van der Waals surface area contributed by atoms with Crippen LogP contribution < -0.4 is 5.32 Å². The minimum atomic E-state index is -0.136. The molecule has 2 heterocycles. The summed E-state index contributed by atoms with van der Waals surface area (Å²) in [6.07, 6.45) is 1.92. The average molecular weight is 402 g/mol. The normalized spacial score (nSPS) is 11.0. The number of carbonyl (C=O) groups is 1. The van der Waals surface area contributed by atoms with Gasteiger partial charge in [0, 0.05) is 17.2 Å². The standard InChI is InChI=1S/C19H20BrN3O2/c1-13-3-8-17-22-14(2)18(23(17)11-13)19(24)21-9-10-25-12-15-4-6-16(20)7-5-15/h3-8,11H,9-10,12H2,1-2H3,(H,21,24). The maximum Gasteiger partial charge on any atom is 0.270 e. The van der Waals surface area contributed by atoms with Gasteiger partial charge in [-0.25, -0.2) is 4.98 Å². The maximum absolute atomic E-state index is 12.5. The molecule has 6 heteroatoms. The highest BCUT2D eigenvalue weighted by Gasteiger charge is 2.16. The van der Waals surface area contributed by atoms with Gasteiger partial charge in [0.25, 0.3) is 5.91 Å². The van der Waals surface area contributed by atoms with E-state index in [0.717, 1.165) is 26.9 Å². The van der Waals surface area contributed by atoms with Gasteiger partial charge in [-0.15, -0.1) is 0 Å². The van der Waals surface area contributed by atoms with E-state index in [0.29, 0.717) is 25.5 Å². The van der Waals surface area contributed by atoms with Crippen LogP contribution in [0.25, 0.3) is 5.65 Å². The average Bonchev–Trinajstić information content (AvgIpc) is 2.91. The van der Waals surface area contributed by atoms with Gasteiger partial charge >= 0.3 is 0 Å². The molecule has 1 amide bonds. The number of aromatic nitrogens is 2. The maximum atomic E-state index is 12.5. The summed E-state index contributed by atoms with van der Waals surface area (Å²) in [6.45, 7) is 5.27. The zero-order chi connectivity index (χ0) is 17.8. The summed E-state index contributed by atoms with van der Waals surface area (Å²) in [5.74, 6) is -0.136. The molecular formula is C19H20BrN3O2. The van der Waals surface area contributed by atoms with Gasteiger partial charge in [-0.05, 0) is 43.2 Å². The van der Waals surface area contributed by atoms with Gasteiger partial charge in [0.2, 0.25) is 0 Å². The van der Waals surface area contributed by atoms with Crippen LogP contribution in [0, 0.1) is 13.8 Å². The first-order valence-electron chi connectivity index (χ1n) is 8.10. The molecule has 0 aliphatic rings. The summed E-state index contributed by atoms with van der Waals surface area (Å²) in [5, 5.41) is 2.90. The van der Waals surface area contributed by atoms with Crippen LogP contribution in [0.5, 0.6) is 0 Å². The summed E-state index contributed by atoms with van der Waals surface area (Å²) in [6, 6.07) is 11.9. The molecule has 0 aliphatic carbocycles. The Bertz CT molecular complexity index is 888. The summed E-state index contributed by atoms with van der Waals surface area (Å²) in [5.41, 5.74) is 4.25. The summed E-state index contributed by atoms with van der Waals surface area (Å²) in [7, 11) is 0. The van der Waals surface area contributed by atoms with Crippen LogP contribution in [-0.4, -0.2) is 28.4 Å². The fourth-order valence-corrected chi connectivity index (χ4v) is 2.90. The molecule has 1 N–H and O–H groups in total. The Morgan fingerprint density at radius 3 is 2.72 bits per heavy atom. The fraction of sp³-hybridized carbons (Fsp3) is 0.263. The molecule has 3 rings (SSSR count). The van der Waals surface area contributed by atoms with Crippen LogP contribution >= 0.6 is 15.9 Å². The highest BCUT2D eigenvalue weighted by atomic mass is 79.9. The van der Waals surface area contributed by atoms with E-state index in [1.54, 1.807) is 0 Å². The largest absolute Gasteiger partial charge is 0.375 e. The van der Waals surface area contributed by atoms with Crippen molar-refractivity contribution < 1.29 is 9.53 Å². The second kappa shape index (κ2) is 7.80. The van der Waals surface area contributed by atoms with E-state index in [-0.39, 0.29) is 5.91 Å². The molecular weight excluding hydrogens is 382 g/mol. The predicted octanol–water partition coefficient (Wildman–Crippen LogP) is 3.66. The Labute approximate surface area is 155 Å². The predicted molar refractivity (Wildman–Crippen MR) is 101 cm³/mol. The van der Waals surface area contributed by atoms with Crippen molar-refractivity contribution in [2.45, 2.75) is 20.5 Å². The molecule has 1 aromatic carbocycles. The van der Waals surface area contributed by atoms with E-state index in [1.165, 1.54) is 0 Å². The Morgan fingerprint density at radius 1 is 1.20 bits per heavy atom. The van der Waals surface area contributed by atoms with E-state index in [4.69, 9.17) is 4.74 Å². The number of nitrogens with one attached hydrogen (secondary N) is 1. The highest BCUT2D eigenvalue weighted by Crippen LogP contribution is 2.13. The monoisotopic (exact) mass is 401 g/mol. The van der Waals surface area contributed by atoms with Gasteiger partial charge < -0.3 is 10.1 Å². The van der Waals surface area contributed by atoms with Gasteiger partial charge in [-0.1, -0.05) is 34.1 Å². The molecule has 130 valence electrons. The molecule has 0 saturated carbocycles. The molecule has 0 atom stereocenters. The lowest BCUT2D eigenvalue weighted by molar-refractivity contribution is 0.0895. The minimum absolute atomic E-state index is 0.136. The van der Waals surface area contributed by atoms with Crippen molar-refractivity contribution in [2.24, 2.45) is 0 Å². The number of nitrogens with zero attached hydrogens (tertiary/aromatic N) is 2. The van der Waals surface area contributed by atoms with E-state index in [9.17, 15) is 4.79 Å². The van der Waals surface area contributed by atoms with Gasteiger partial charge in [-0.2, -0.15) is 0 Å². The van der Waals surface area contributed by atoms with Crippen molar-refractivity contribution in [2.75, 3.05) is 13.2 Å². The molecule has 2 aromatic heterocycles. The second-order valence-electron chi connectivity index (χ2n) is 5.92. The lowest BCUT2D eigenvalue weighted by Gasteiger charge is -2.08. The van der Waals surface area contributed by atoms with Crippen LogP contribution in [0.15, 0.2) is 47.1 Å². The smallest absolute Gasteiger partial charge is 0.270 e. The Morgan fingerprint density at radius 2 is 1.96 bits per heavy atom. The van der Waals surface area contributed by atoms with Crippen molar-refractivity contribution in [3.05, 3.63) is 69.6 Å². The number of benzene rings is 1. The van der Waals surface area contributed by atoms with Crippen LogP contribution in [0.2, 0.25) is 0 Å². The number of aryl methyl sites for hydroxylation is 2. The molecule has 5 nitrogen and oxygen atoms in total.